The molecule has 0 spiro atoms. The largest absolute Gasteiger partial charge is 0.497 e. The molecule has 0 aromatic heterocycles. The molecule has 0 radical (unpaired) electrons. The first-order valence-electron chi connectivity index (χ1n) is 8.31. The summed E-state index contributed by atoms with van der Waals surface area (Å²) in [6.45, 7) is 4.72. The molecule has 25 heavy (non-hydrogen) atoms. The monoisotopic (exact) mass is 335 g/mol. The van der Waals surface area contributed by atoms with Gasteiger partial charge in [-0.15, -0.1) is 0 Å². The minimum Gasteiger partial charge on any atom is -0.497 e. The normalized spacial score (nSPS) is 11.0. The van der Waals surface area contributed by atoms with Crippen LogP contribution in [0, 0.1) is 0 Å². The van der Waals surface area contributed by atoms with E-state index in [-0.39, 0.29) is 0 Å². The Morgan fingerprint density at radius 3 is 2.12 bits per heavy atom. The maximum atomic E-state index is 12.0. The van der Waals surface area contributed by atoms with Gasteiger partial charge in [-0.25, -0.2) is 0 Å². The molecule has 0 atom stereocenters. The minimum atomic E-state index is -0.448. The van der Waals surface area contributed by atoms with Gasteiger partial charge in [0.15, 0.2) is 0 Å². The van der Waals surface area contributed by atoms with E-state index in [2.05, 4.69) is 19.2 Å². The zero-order chi connectivity index (χ0) is 18.0. The molecule has 4 heteroatoms. The summed E-state index contributed by atoms with van der Waals surface area (Å²) in [6.07, 6.45) is 0. The standard InChI is InChI=1S/C21H21NO3/c1-13(2)15-6-8-16(9-7-15)18-19(21(24)20(18)23)22-12-14-4-10-17(25-3)11-5-14/h4-11,13,22H,12H2,1-3H3. The average Bonchev–Trinajstić information content (AvgIpc) is 2.65. The van der Waals surface area contributed by atoms with E-state index in [0.717, 1.165) is 16.9 Å². The maximum Gasteiger partial charge on any atom is 0.250 e. The van der Waals surface area contributed by atoms with Gasteiger partial charge in [-0.3, -0.25) is 9.59 Å². The molecule has 3 aromatic rings. The molecular formula is C21H21NO3. The molecule has 0 aliphatic heterocycles. The van der Waals surface area contributed by atoms with Crippen LogP contribution in [0.15, 0.2) is 58.1 Å². The number of methoxy groups -OCH3 is 1. The topological polar surface area (TPSA) is 55.4 Å². The highest BCUT2D eigenvalue weighted by atomic mass is 16.5. The third-order valence-electron chi connectivity index (χ3n) is 4.40. The van der Waals surface area contributed by atoms with Crippen LogP contribution in [0.25, 0.3) is 11.1 Å². The van der Waals surface area contributed by atoms with Crippen molar-refractivity contribution in [2.45, 2.75) is 26.3 Å². The van der Waals surface area contributed by atoms with Crippen LogP contribution in [0.3, 0.4) is 0 Å². The number of hydrogen-bond acceptors (Lipinski definition) is 4. The average molecular weight is 335 g/mol. The summed E-state index contributed by atoms with van der Waals surface area (Å²) in [5.41, 5.74) is 3.01. The van der Waals surface area contributed by atoms with Crippen LogP contribution in [0.1, 0.15) is 30.9 Å². The van der Waals surface area contributed by atoms with Crippen molar-refractivity contribution < 1.29 is 4.74 Å². The highest BCUT2D eigenvalue weighted by Gasteiger charge is 2.22. The Labute approximate surface area is 146 Å². The van der Waals surface area contributed by atoms with E-state index in [1.165, 1.54) is 5.56 Å². The van der Waals surface area contributed by atoms with Gasteiger partial charge in [-0.2, -0.15) is 0 Å². The molecule has 0 saturated heterocycles. The second-order valence-electron chi connectivity index (χ2n) is 6.39. The van der Waals surface area contributed by atoms with Gasteiger partial charge in [0.2, 0.25) is 10.9 Å². The van der Waals surface area contributed by atoms with Crippen LogP contribution in [0.5, 0.6) is 5.75 Å². The highest BCUT2D eigenvalue weighted by molar-refractivity contribution is 5.81. The molecule has 3 aromatic carbocycles. The van der Waals surface area contributed by atoms with E-state index in [4.69, 9.17) is 4.74 Å². The predicted molar refractivity (Wildman–Crippen MR) is 101 cm³/mol. The zero-order valence-corrected chi connectivity index (χ0v) is 14.6. The first-order valence-corrected chi connectivity index (χ1v) is 8.31. The summed E-state index contributed by atoms with van der Waals surface area (Å²) in [6, 6.07) is 15.4. The van der Waals surface area contributed by atoms with E-state index < -0.39 is 10.9 Å². The number of rotatable bonds is 6. The third-order valence-corrected chi connectivity index (χ3v) is 4.40. The summed E-state index contributed by atoms with van der Waals surface area (Å²) < 4.78 is 5.13. The fraction of sp³-hybridized carbons (Fsp3) is 0.238. The molecule has 128 valence electrons. The lowest BCUT2D eigenvalue weighted by molar-refractivity contribution is 0.414. The Bertz CT molecular complexity index is 931. The smallest absolute Gasteiger partial charge is 0.250 e. The number of nitrogens with one attached hydrogen (secondary N) is 1. The molecular weight excluding hydrogens is 314 g/mol. The molecule has 0 heterocycles. The van der Waals surface area contributed by atoms with Crippen LogP contribution in [0.4, 0.5) is 5.69 Å². The molecule has 0 amide bonds. The number of hydrogen-bond donors (Lipinski definition) is 1. The first kappa shape index (κ1) is 17.0. The van der Waals surface area contributed by atoms with Crippen LogP contribution in [-0.2, 0) is 6.54 Å². The zero-order valence-electron chi connectivity index (χ0n) is 14.6. The summed E-state index contributed by atoms with van der Waals surface area (Å²) in [5.74, 6) is 1.21. The van der Waals surface area contributed by atoms with Gasteiger partial charge in [0.1, 0.15) is 5.75 Å². The molecule has 0 bridgehead atoms. The third kappa shape index (κ3) is 3.33. The molecule has 0 unspecified atom stereocenters. The van der Waals surface area contributed by atoms with Crippen molar-refractivity contribution in [3.63, 3.8) is 0 Å². The van der Waals surface area contributed by atoms with Gasteiger partial charge < -0.3 is 10.1 Å². The number of benzene rings is 2. The molecule has 0 saturated carbocycles. The summed E-state index contributed by atoms with van der Waals surface area (Å²) >= 11 is 0. The van der Waals surface area contributed by atoms with E-state index in [0.29, 0.717) is 23.7 Å². The van der Waals surface area contributed by atoms with Crippen molar-refractivity contribution in [3.8, 4) is 16.9 Å². The van der Waals surface area contributed by atoms with E-state index >= 15 is 0 Å². The molecule has 0 aliphatic carbocycles. The van der Waals surface area contributed by atoms with Crippen molar-refractivity contribution in [1.29, 1.82) is 0 Å². The molecule has 4 nitrogen and oxygen atoms in total. The van der Waals surface area contributed by atoms with Crippen molar-refractivity contribution in [2.24, 2.45) is 0 Å². The number of ether oxygens (including phenoxy) is 1. The molecule has 0 fully saturated rings. The summed E-state index contributed by atoms with van der Waals surface area (Å²) in [5, 5.41) is 3.11. The SMILES string of the molecule is COc1ccc(CNc2c(-c3ccc(C(C)C)cc3)c(=O)c2=O)cc1. The van der Waals surface area contributed by atoms with Crippen molar-refractivity contribution in [3.05, 3.63) is 80.1 Å². The second-order valence-corrected chi connectivity index (χ2v) is 6.39. The maximum absolute atomic E-state index is 12.0. The molecule has 3 rings (SSSR count). The van der Waals surface area contributed by atoms with Gasteiger partial charge in [-0.1, -0.05) is 50.2 Å². The number of anilines is 1. The van der Waals surface area contributed by atoms with E-state index in [1.807, 2.05) is 48.5 Å². The van der Waals surface area contributed by atoms with Crippen LogP contribution >= 0.6 is 0 Å². The minimum absolute atomic E-state index is 0.401. The first-order chi connectivity index (χ1) is 12.0. The van der Waals surface area contributed by atoms with Crippen molar-refractivity contribution in [2.75, 3.05) is 12.4 Å². The van der Waals surface area contributed by atoms with Gasteiger partial charge in [0.25, 0.3) is 0 Å². The lowest BCUT2D eigenvalue weighted by Crippen LogP contribution is -2.36. The molecule has 1 N–H and O–H groups in total. The Kier molecular flexibility index (Phi) is 4.70. The van der Waals surface area contributed by atoms with Crippen molar-refractivity contribution in [1.82, 2.24) is 0 Å². The fourth-order valence-corrected chi connectivity index (χ4v) is 2.80. The Morgan fingerprint density at radius 2 is 1.56 bits per heavy atom. The lowest BCUT2D eigenvalue weighted by Gasteiger charge is -2.14. The Balaban J connectivity index is 1.80. The fourth-order valence-electron chi connectivity index (χ4n) is 2.80. The quantitative estimate of drug-likeness (QED) is 0.698. The van der Waals surface area contributed by atoms with Crippen molar-refractivity contribution >= 4 is 5.69 Å². The second kappa shape index (κ2) is 6.93. The Hall–Kier alpha value is -2.88. The predicted octanol–water partition coefficient (Wildman–Crippen LogP) is 3.69. The van der Waals surface area contributed by atoms with Gasteiger partial charge in [0.05, 0.1) is 18.4 Å². The van der Waals surface area contributed by atoms with Crippen LogP contribution < -0.4 is 20.9 Å². The van der Waals surface area contributed by atoms with Gasteiger partial charge >= 0.3 is 0 Å². The van der Waals surface area contributed by atoms with Gasteiger partial charge in [0, 0.05) is 6.54 Å². The van der Waals surface area contributed by atoms with Crippen LogP contribution in [-0.4, -0.2) is 7.11 Å². The van der Waals surface area contributed by atoms with E-state index in [1.54, 1.807) is 7.11 Å². The lowest BCUT2D eigenvalue weighted by atomic mass is 9.95. The van der Waals surface area contributed by atoms with Crippen LogP contribution in [0.2, 0.25) is 0 Å². The van der Waals surface area contributed by atoms with E-state index in [9.17, 15) is 9.59 Å². The molecule has 0 aliphatic rings. The summed E-state index contributed by atoms with van der Waals surface area (Å²) in [7, 11) is 1.62. The Morgan fingerprint density at radius 1 is 0.920 bits per heavy atom. The highest BCUT2D eigenvalue weighted by Crippen LogP contribution is 2.26. The van der Waals surface area contributed by atoms with Gasteiger partial charge in [-0.05, 0) is 34.7 Å². The summed E-state index contributed by atoms with van der Waals surface area (Å²) in [4.78, 5) is 24.0.